The largest absolute Gasteiger partial charge is 0.271 e. The molecule has 6 heteroatoms. The van der Waals surface area contributed by atoms with E-state index in [9.17, 15) is 8.42 Å². The first kappa shape index (κ1) is 17.2. The Labute approximate surface area is 122 Å². The molecule has 0 aliphatic carbocycles. The summed E-state index contributed by atoms with van der Waals surface area (Å²) in [6.07, 6.45) is 4.62. The molecule has 1 atom stereocenters. The van der Waals surface area contributed by atoms with Gasteiger partial charge < -0.3 is 0 Å². The van der Waals surface area contributed by atoms with Crippen LogP contribution in [0.15, 0.2) is 11.1 Å². The molecule has 116 valence electrons. The van der Waals surface area contributed by atoms with Gasteiger partial charge in [0.25, 0.3) is 0 Å². The van der Waals surface area contributed by atoms with Crippen LogP contribution in [0.1, 0.15) is 52.7 Å². The van der Waals surface area contributed by atoms with Crippen molar-refractivity contribution in [2.24, 2.45) is 5.92 Å². The van der Waals surface area contributed by atoms with Crippen molar-refractivity contribution < 1.29 is 8.42 Å². The van der Waals surface area contributed by atoms with E-state index in [1.807, 2.05) is 13.8 Å². The molecule has 0 aliphatic heterocycles. The predicted molar refractivity (Wildman–Crippen MR) is 81.1 cm³/mol. The molecule has 0 fully saturated rings. The molecule has 0 saturated heterocycles. The van der Waals surface area contributed by atoms with Crippen molar-refractivity contribution in [3.05, 3.63) is 11.9 Å². The van der Waals surface area contributed by atoms with Crippen LogP contribution >= 0.6 is 0 Å². The number of nitrogens with one attached hydrogen (secondary N) is 1. The SMILES string of the molecule is CCn1cc(S(=O)(=O)NC(C)CCCC(C)C)c(C)n1. The summed E-state index contributed by atoms with van der Waals surface area (Å²) >= 11 is 0. The Hall–Kier alpha value is -0.880. The van der Waals surface area contributed by atoms with E-state index in [2.05, 4.69) is 23.7 Å². The van der Waals surface area contributed by atoms with Crippen molar-refractivity contribution in [3.8, 4) is 0 Å². The van der Waals surface area contributed by atoms with Gasteiger partial charge in [-0.1, -0.05) is 26.7 Å². The topological polar surface area (TPSA) is 64.0 Å². The highest BCUT2D eigenvalue weighted by atomic mass is 32.2. The average Bonchev–Trinajstić information content (AvgIpc) is 2.70. The molecule has 0 saturated carbocycles. The molecule has 0 aromatic carbocycles. The van der Waals surface area contributed by atoms with Crippen molar-refractivity contribution >= 4 is 10.0 Å². The standard InChI is InChI=1S/C14H27N3O2S/c1-6-17-10-14(13(5)15-17)20(18,19)16-12(4)9-7-8-11(2)3/h10-12,16H,6-9H2,1-5H3. The third-order valence-corrected chi connectivity index (χ3v) is 4.98. The van der Waals surface area contributed by atoms with Crippen LogP contribution in [-0.2, 0) is 16.6 Å². The van der Waals surface area contributed by atoms with Gasteiger partial charge in [-0.25, -0.2) is 13.1 Å². The molecule has 0 amide bonds. The molecule has 0 bridgehead atoms. The molecule has 20 heavy (non-hydrogen) atoms. The number of sulfonamides is 1. The summed E-state index contributed by atoms with van der Waals surface area (Å²) in [5, 5.41) is 4.19. The second-order valence-corrected chi connectivity index (χ2v) is 7.46. The van der Waals surface area contributed by atoms with Crippen molar-refractivity contribution in [1.82, 2.24) is 14.5 Å². The van der Waals surface area contributed by atoms with Crippen molar-refractivity contribution in [3.63, 3.8) is 0 Å². The number of aryl methyl sites for hydroxylation is 2. The minimum absolute atomic E-state index is 0.0527. The Morgan fingerprint density at radius 1 is 1.30 bits per heavy atom. The van der Waals surface area contributed by atoms with Crippen molar-refractivity contribution in [2.75, 3.05) is 0 Å². The van der Waals surface area contributed by atoms with Gasteiger partial charge in [-0.05, 0) is 33.1 Å². The zero-order valence-corrected chi connectivity index (χ0v) is 14.0. The molecule has 1 aromatic rings. The van der Waals surface area contributed by atoms with Gasteiger partial charge in [0.2, 0.25) is 10.0 Å². The maximum atomic E-state index is 12.3. The van der Waals surface area contributed by atoms with E-state index >= 15 is 0 Å². The van der Waals surface area contributed by atoms with Crippen LogP contribution in [0.2, 0.25) is 0 Å². The zero-order valence-electron chi connectivity index (χ0n) is 13.2. The van der Waals surface area contributed by atoms with E-state index in [4.69, 9.17) is 0 Å². The molecule has 1 N–H and O–H groups in total. The van der Waals surface area contributed by atoms with Crippen LogP contribution in [0, 0.1) is 12.8 Å². The van der Waals surface area contributed by atoms with Gasteiger partial charge in [-0.2, -0.15) is 5.10 Å². The molecular weight excluding hydrogens is 274 g/mol. The quantitative estimate of drug-likeness (QED) is 0.803. The summed E-state index contributed by atoms with van der Waals surface area (Å²) in [5.41, 5.74) is 0.550. The molecule has 1 aromatic heterocycles. The Kier molecular flexibility index (Phi) is 6.20. The minimum atomic E-state index is -3.46. The lowest BCUT2D eigenvalue weighted by molar-refractivity contribution is 0.488. The predicted octanol–water partition coefficient (Wildman–Crippen LogP) is 2.70. The molecule has 0 spiro atoms. The van der Waals surface area contributed by atoms with Crippen LogP contribution < -0.4 is 4.72 Å². The van der Waals surface area contributed by atoms with Crippen molar-refractivity contribution in [1.29, 1.82) is 0 Å². The minimum Gasteiger partial charge on any atom is -0.271 e. The third-order valence-electron chi connectivity index (χ3n) is 3.29. The fraction of sp³-hybridized carbons (Fsp3) is 0.786. The van der Waals surface area contributed by atoms with Gasteiger partial charge in [0.05, 0.1) is 5.69 Å². The maximum absolute atomic E-state index is 12.3. The summed E-state index contributed by atoms with van der Waals surface area (Å²) in [5.74, 6) is 0.656. The Balaban J connectivity index is 2.66. The Bertz CT molecular complexity index is 521. The first-order valence-corrected chi connectivity index (χ1v) is 8.81. The fourth-order valence-electron chi connectivity index (χ4n) is 2.14. The average molecular weight is 301 g/mol. The van der Waals surface area contributed by atoms with Gasteiger partial charge in [-0.15, -0.1) is 0 Å². The van der Waals surface area contributed by atoms with Crippen molar-refractivity contribution in [2.45, 2.75) is 71.4 Å². The highest BCUT2D eigenvalue weighted by Gasteiger charge is 2.22. The summed E-state index contributed by atoms with van der Waals surface area (Å²) in [4.78, 5) is 0.287. The van der Waals surface area contributed by atoms with Gasteiger partial charge in [0.15, 0.2) is 0 Å². The normalized spacial score (nSPS) is 13.9. The lowest BCUT2D eigenvalue weighted by atomic mass is 10.0. The summed E-state index contributed by atoms with van der Waals surface area (Å²) < 4.78 is 29.0. The third kappa shape index (κ3) is 4.90. The highest BCUT2D eigenvalue weighted by Crippen LogP contribution is 2.15. The second-order valence-electron chi connectivity index (χ2n) is 5.78. The molecule has 1 unspecified atom stereocenters. The summed E-state index contributed by atoms with van der Waals surface area (Å²) in [6, 6.07) is -0.0527. The van der Waals surface area contributed by atoms with Crippen LogP contribution in [0.5, 0.6) is 0 Å². The number of nitrogens with zero attached hydrogens (tertiary/aromatic N) is 2. The molecular formula is C14H27N3O2S. The molecule has 1 rings (SSSR count). The van der Waals surface area contributed by atoms with Crippen LogP contribution in [-0.4, -0.2) is 24.2 Å². The molecule has 0 aliphatic rings. The Morgan fingerprint density at radius 2 is 1.95 bits per heavy atom. The Morgan fingerprint density at radius 3 is 2.45 bits per heavy atom. The van der Waals surface area contributed by atoms with Gasteiger partial charge in [-0.3, -0.25) is 4.68 Å². The highest BCUT2D eigenvalue weighted by molar-refractivity contribution is 7.89. The van der Waals surface area contributed by atoms with Crippen LogP contribution in [0.4, 0.5) is 0 Å². The van der Waals surface area contributed by atoms with E-state index in [0.29, 0.717) is 18.2 Å². The summed E-state index contributed by atoms with van der Waals surface area (Å²) in [6.45, 7) is 10.6. The number of hydrogen-bond acceptors (Lipinski definition) is 3. The monoisotopic (exact) mass is 301 g/mol. The molecule has 1 heterocycles. The van der Waals surface area contributed by atoms with Crippen LogP contribution in [0.3, 0.4) is 0 Å². The lowest BCUT2D eigenvalue weighted by Gasteiger charge is -2.14. The molecule has 5 nitrogen and oxygen atoms in total. The number of rotatable bonds is 8. The fourth-order valence-corrected chi connectivity index (χ4v) is 3.61. The smallest absolute Gasteiger partial charge is 0.244 e. The maximum Gasteiger partial charge on any atom is 0.244 e. The first-order valence-electron chi connectivity index (χ1n) is 7.32. The van der Waals surface area contributed by atoms with Gasteiger partial charge in [0, 0.05) is 18.8 Å². The zero-order chi connectivity index (χ0) is 15.3. The van der Waals surface area contributed by atoms with E-state index in [1.54, 1.807) is 17.8 Å². The second kappa shape index (κ2) is 7.22. The van der Waals surface area contributed by atoms with E-state index < -0.39 is 10.0 Å². The lowest BCUT2D eigenvalue weighted by Crippen LogP contribution is -2.32. The number of hydrogen-bond donors (Lipinski definition) is 1. The summed E-state index contributed by atoms with van der Waals surface area (Å²) in [7, 11) is -3.46. The van der Waals surface area contributed by atoms with Crippen LogP contribution in [0.25, 0.3) is 0 Å². The van der Waals surface area contributed by atoms with E-state index in [0.717, 1.165) is 19.3 Å². The molecule has 0 radical (unpaired) electrons. The number of aromatic nitrogens is 2. The van der Waals surface area contributed by atoms with E-state index in [-0.39, 0.29) is 10.9 Å². The van der Waals surface area contributed by atoms with E-state index in [1.165, 1.54) is 0 Å². The van der Waals surface area contributed by atoms with Gasteiger partial charge >= 0.3 is 0 Å². The first-order chi connectivity index (χ1) is 9.26. The van der Waals surface area contributed by atoms with Gasteiger partial charge in [0.1, 0.15) is 4.90 Å².